The molecule has 0 aliphatic heterocycles. The van der Waals surface area contributed by atoms with Gasteiger partial charge in [0, 0.05) is 42.0 Å². The molecule has 176 valence electrons. The quantitative estimate of drug-likeness (QED) is 0.404. The SMILES string of the molecule is COc1cc(NC(=O)C(C)Sc2nnc3c(=O)n(-c4ccc(C)c(C)c4)ccn23)cc(OC)c1. The van der Waals surface area contributed by atoms with Crippen LogP contribution in [-0.4, -0.2) is 44.5 Å². The predicted octanol–water partition coefficient (Wildman–Crippen LogP) is 3.63. The van der Waals surface area contributed by atoms with Crippen molar-refractivity contribution in [1.82, 2.24) is 19.2 Å². The Morgan fingerprint density at radius 1 is 1.00 bits per heavy atom. The van der Waals surface area contributed by atoms with Crippen LogP contribution in [0.2, 0.25) is 0 Å². The number of aryl methyl sites for hydroxylation is 2. The number of benzene rings is 2. The molecule has 0 saturated heterocycles. The average molecular weight is 480 g/mol. The maximum Gasteiger partial charge on any atom is 0.300 e. The predicted molar refractivity (Wildman–Crippen MR) is 132 cm³/mol. The number of amides is 1. The zero-order valence-corrected chi connectivity index (χ0v) is 20.3. The minimum absolute atomic E-state index is 0.188. The first-order valence-electron chi connectivity index (χ1n) is 10.6. The van der Waals surface area contributed by atoms with Crippen molar-refractivity contribution in [2.45, 2.75) is 31.2 Å². The highest BCUT2D eigenvalue weighted by Crippen LogP contribution is 2.27. The van der Waals surface area contributed by atoms with E-state index in [1.807, 2.05) is 32.0 Å². The molecule has 0 fully saturated rings. The van der Waals surface area contributed by atoms with Gasteiger partial charge >= 0.3 is 5.56 Å². The molecule has 2 heterocycles. The lowest BCUT2D eigenvalue weighted by atomic mass is 10.1. The minimum atomic E-state index is -0.508. The number of ether oxygens (including phenoxy) is 2. The molecular weight excluding hydrogens is 454 g/mol. The average Bonchev–Trinajstić information content (AvgIpc) is 3.24. The van der Waals surface area contributed by atoms with E-state index in [-0.39, 0.29) is 17.1 Å². The van der Waals surface area contributed by atoms with E-state index >= 15 is 0 Å². The Morgan fingerprint density at radius 2 is 1.71 bits per heavy atom. The van der Waals surface area contributed by atoms with Crippen LogP contribution < -0.4 is 20.3 Å². The smallest absolute Gasteiger partial charge is 0.300 e. The van der Waals surface area contributed by atoms with Gasteiger partial charge in [-0.15, -0.1) is 10.2 Å². The Hall–Kier alpha value is -3.79. The van der Waals surface area contributed by atoms with Gasteiger partial charge in [-0.25, -0.2) is 0 Å². The molecule has 0 aliphatic carbocycles. The van der Waals surface area contributed by atoms with Gasteiger partial charge in [0.15, 0.2) is 5.16 Å². The van der Waals surface area contributed by atoms with Crippen LogP contribution in [0.5, 0.6) is 11.5 Å². The van der Waals surface area contributed by atoms with Crippen LogP contribution in [0.25, 0.3) is 11.3 Å². The number of carbonyl (C=O) groups is 1. The molecule has 1 amide bonds. The van der Waals surface area contributed by atoms with Crippen LogP contribution in [-0.2, 0) is 4.79 Å². The monoisotopic (exact) mass is 479 g/mol. The van der Waals surface area contributed by atoms with Gasteiger partial charge in [0.25, 0.3) is 0 Å². The van der Waals surface area contributed by atoms with Crippen LogP contribution in [0.4, 0.5) is 5.69 Å². The molecule has 0 aliphatic rings. The van der Waals surface area contributed by atoms with Crippen LogP contribution in [0.3, 0.4) is 0 Å². The van der Waals surface area contributed by atoms with Crippen molar-refractivity contribution in [1.29, 1.82) is 0 Å². The van der Waals surface area contributed by atoms with E-state index < -0.39 is 5.25 Å². The van der Waals surface area contributed by atoms with E-state index in [0.717, 1.165) is 16.8 Å². The number of thioether (sulfide) groups is 1. The van der Waals surface area contributed by atoms with Gasteiger partial charge in [0.1, 0.15) is 11.5 Å². The van der Waals surface area contributed by atoms with E-state index in [2.05, 4.69) is 15.5 Å². The molecule has 1 atom stereocenters. The number of hydrogen-bond acceptors (Lipinski definition) is 7. The van der Waals surface area contributed by atoms with Crippen molar-refractivity contribution in [3.8, 4) is 17.2 Å². The molecule has 10 heteroatoms. The second-order valence-electron chi connectivity index (χ2n) is 7.77. The van der Waals surface area contributed by atoms with E-state index in [9.17, 15) is 9.59 Å². The van der Waals surface area contributed by atoms with E-state index in [1.165, 1.54) is 16.3 Å². The number of hydrogen-bond donors (Lipinski definition) is 1. The van der Waals surface area contributed by atoms with Crippen molar-refractivity contribution < 1.29 is 14.3 Å². The summed E-state index contributed by atoms with van der Waals surface area (Å²) in [6.07, 6.45) is 3.41. The molecule has 4 aromatic rings. The highest BCUT2D eigenvalue weighted by molar-refractivity contribution is 8.00. The largest absolute Gasteiger partial charge is 0.497 e. The summed E-state index contributed by atoms with van der Waals surface area (Å²) < 4.78 is 13.6. The summed E-state index contributed by atoms with van der Waals surface area (Å²) in [5, 5.41) is 11.0. The van der Waals surface area contributed by atoms with Crippen molar-refractivity contribution in [3.05, 3.63) is 70.3 Å². The van der Waals surface area contributed by atoms with Gasteiger partial charge in [0.2, 0.25) is 11.6 Å². The summed E-state index contributed by atoms with van der Waals surface area (Å²) in [7, 11) is 3.09. The number of anilines is 1. The molecule has 1 N–H and O–H groups in total. The lowest BCUT2D eigenvalue weighted by molar-refractivity contribution is -0.115. The zero-order valence-electron chi connectivity index (χ0n) is 19.5. The first kappa shape index (κ1) is 23.4. The summed E-state index contributed by atoms with van der Waals surface area (Å²) >= 11 is 1.21. The molecule has 0 radical (unpaired) electrons. The number of carbonyl (C=O) groups excluding carboxylic acids is 1. The van der Waals surface area contributed by atoms with Gasteiger partial charge in [0.05, 0.1) is 19.5 Å². The standard InChI is InChI=1S/C24H25N5O4S/c1-14-6-7-18(10-15(14)2)28-8-9-29-21(23(28)31)26-27-24(29)34-16(3)22(30)25-17-11-19(32-4)13-20(12-17)33-5/h6-13,16H,1-5H3,(H,25,30). The minimum Gasteiger partial charge on any atom is -0.497 e. The second kappa shape index (κ2) is 9.60. The van der Waals surface area contributed by atoms with Crippen LogP contribution in [0, 0.1) is 13.8 Å². The molecule has 34 heavy (non-hydrogen) atoms. The third-order valence-electron chi connectivity index (χ3n) is 5.48. The molecule has 0 bridgehead atoms. The fourth-order valence-corrected chi connectivity index (χ4v) is 4.19. The molecule has 0 saturated carbocycles. The van der Waals surface area contributed by atoms with Gasteiger partial charge in [-0.1, -0.05) is 17.8 Å². The lowest BCUT2D eigenvalue weighted by Crippen LogP contribution is -2.23. The number of methoxy groups -OCH3 is 2. The molecule has 2 aromatic carbocycles. The van der Waals surface area contributed by atoms with E-state index in [1.54, 1.807) is 56.1 Å². The van der Waals surface area contributed by atoms with Crippen LogP contribution >= 0.6 is 11.8 Å². The summed E-state index contributed by atoms with van der Waals surface area (Å²) in [5.74, 6) is 0.900. The number of rotatable bonds is 7. The molecule has 4 rings (SSSR count). The Bertz CT molecular complexity index is 1410. The first-order chi connectivity index (χ1) is 16.3. The Balaban J connectivity index is 1.55. The third kappa shape index (κ3) is 4.62. The Labute approximate surface area is 200 Å². The van der Waals surface area contributed by atoms with E-state index in [0.29, 0.717) is 22.3 Å². The molecular formula is C24H25N5O4S. The first-order valence-corrected chi connectivity index (χ1v) is 11.4. The van der Waals surface area contributed by atoms with Crippen LogP contribution in [0.15, 0.2) is 58.7 Å². The highest BCUT2D eigenvalue weighted by atomic mass is 32.2. The lowest BCUT2D eigenvalue weighted by Gasteiger charge is -2.13. The van der Waals surface area contributed by atoms with Gasteiger partial charge < -0.3 is 14.8 Å². The number of nitrogens with one attached hydrogen (secondary N) is 1. The van der Waals surface area contributed by atoms with E-state index in [4.69, 9.17) is 9.47 Å². The van der Waals surface area contributed by atoms with Crippen molar-refractivity contribution >= 4 is 29.0 Å². The van der Waals surface area contributed by atoms with Gasteiger partial charge in [-0.2, -0.15) is 0 Å². The summed E-state index contributed by atoms with van der Waals surface area (Å²) in [6, 6.07) is 11.0. The Morgan fingerprint density at radius 3 is 2.35 bits per heavy atom. The normalized spacial score (nSPS) is 11.9. The maximum atomic E-state index is 13.0. The van der Waals surface area contributed by atoms with Crippen molar-refractivity contribution in [2.24, 2.45) is 0 Å². The second-order valence-corrected chi connectivity index (χ2v) is 9.08. The third-order valence-corrected chi connectivity index (χ3v) is 6.54. The van der Waals surface area contributed by atoms with Gasteiger partial charge in [-0.05, 0) is 44.0 Å². The summed E-state index contributed by atoms with van der Waals surface area (Å²) in [4.78, 5) is 25.9. The molecule has 2 aromatic heterocycles. The van der Waals surface area contributed by atoms with Gasteiger partial charge in [-0.3, -0.25) is 18.6 Å². The zero-order chi connectivity index (χ0) is 24.4. The fourth-order valence-electron chi connectivity index (χ4n) is 3.36. The number of fused-ring (bicyclic) bond motifs is 1. The highest BCUT2D eigenvalue weighted by Gasteiger charge is 2.20. The maximum absolute atomic E-state index is 13.0. The fraction of sp³-hybridized carbons (Fsp3) is 0.250. The van der Waals surface area contributed by atoms with Crippen LogP contribution in [0.1, 0.15) is 18.1 Å². The van der Waals surface area contributed by atoms with Crippen molar-refractivity contribution in [2.75, 3.05) is 19.5 Å². The molecule has 1 unspecified atom stereocenters. The summed E-state index contributed by atoms with van der Waals surface area (Å²) in [6.45, 7) is 5.78. The number of aromatic nitrogens is 4. The molecule has 9 nitrogen and oxygen atoms in total. The molecule has 0 spiro atoms. The number of nitrogens with zero attached hydrogens (tertiary/aromatic N) is 4. The summed E-state index contributed by atoms with van der Waals surface area (Å²) in [5.41, 5.74) is 3.46. The topological polar surface area (TPSA) is 99.8 Å². The van der Waals surface area contributed by atoms with Crippen molar-refractivity contribution in [3.63, 3.8) is 0 Å². The Kier molecular flexibility index (Phi) is 6.60.